The summed E-state index contributed by atoms with van der Waals surface area (Å²) in [6.07, 6.45) is 5.60. The van der Waals surface area contributed by atoms with Crippen molar-refractivity contribution in [3.05, 3.63) is 65.3 Å². The number of carbonyl (C=O) groups is 1. The van der Waals surface area contributed by atoms with Gasteiger partial charge in [-0.25, -0.2) is 4.39 Å². The number of hydrogen-bond donors (Lipinski definition) is 0. The SMILES string of the molecule is CC(C(=O)Cc1ccc(Cl)cn1)C1[C@H]2CC(Oc3ccnc4ccc(F)cc34)C[C@@H]12. The molecule has 5 atom stereocenters. The topological polar surface area (TPSA) is 52.1 Å². The van der Waals surface area contributed by atoms with Gasteiger partial charge in [0.05, 0.1) is 16.6 Å². The van der Waals surface area contributed by atoms with Crippen LogP contribution in [0.2, 0.25) is 5.02 Å². The molecule has 6 heteroatoms. The van der Waals surface area contributed by atoms with Crippen molar-refractivity contribution < 1.29 is 13.9 Å². The van der Waals surface area contributed by atoms with Crippen LogP contribution >= 0.6 is 11.6 Å². The number of rotatable bonds is 6. The van der Waals surface area contributed by atoms with Crippen LogP contribution in [0.1, 0.15) is 25.5 Å². The predicted octanol–water partition coefficient (Wildman–Crippen LogP) is 5.27. The molecule has 3 unspecified atom stereocenters. The van der Waals surface area contributed by atoms with Crippen molar-refractivity contribution in [2.75, 3.05) is 0 Å². The summed E-state index contributed by atoms with van der Waals surface area (Å²) in [5.41, 5.74) is 1.49. The molecule has 154 valence electrons. The van der Waals surface area contributed by atoms with Crippen LogP contribution in [0, 0.1) is 29.5 Å². The summed E-state index contributed by atoms with van der Waals surface area (Å²) >= 11 is 5.87. The van der Waals surface area contributed by atoms with E-state index in [9.17, 15) is 9.18 Å². The van der Waals surface area contributed by atoms with Crippen LogP contribution in [0.15, 0.2) is 48.8 Å². The Morgan fingerprint density at radius 1 is 1.20 bits per heavy atom. The maximum Gasteiger partial charge on any atom is 0.141 e. The number of Topliss-reactive ketones (excluding diaryl/α,β-unsaturated/α-hetero) is 1. The minimum Gasteiger partial charge on any atom is -0.490 e. The summed E-state index contributed by atoms with van der Waals surface area (Å²) in [7, 11) is 0. The fraction of sp³-hybridized carbons (Fsp3) is 0.375. The van der Waals surface area contributed by atoms with Gasteiger partial charge in [-0.15, -0.1) is 0 Å². The van der Waals surface area contributed by atoms with E-state index in [1.165, 1.54) is 12.1 Å². The Balaban J connectivity index is 1.20. The Labute approximate surface area is 179 Å². The molecule has 0 aliphatic heterocycles. The Bertz CT molecular complexity index is 1090. The molecule has 2 aromatic heterocycles. The van der Waals surface area contributed by atoms with E-state index in [0.717, 1.165) is 24.1 Å². The van der Waals surface area contributed by atoms with Crippen molar-refractivity contribution in [1.82, 2.24) is 9.97 Å². The summed E-state index contributed by atoms with van der Waals surface area (Å²) in [5, 5.41) is 1.28. The summed E-state index contributed by atoms with van der Waals surface area (Å²) in [5.74, 6) is 2.12. The van der Waals surface area contributed by atoms with Gasteiger partial charge in [-0.1, -0.05) is 18.5 Å². The quantitative estimate of drug-likeness (QED) is 0.540. The highest BCUT2D eigenvalue weighted by molar-refractivity contribution is 6.30. The molecule has 0 bridgehead atoms. The van der Waals surface area contributed by atoms with Crippen LogP contribution in [0.5, 0.6) is 5.75 Å². The Morgan fingerprint density at radius 2 is 2.00 bits per heavy atom. The fourth-order valence-corrected chi connectivity index (χ4v) is 5.23. The highest BCUT2D eigenvalue weighted by Crippen LogP contribution is 2.61. The van der Waals surface area contributed by atoms with Crippen LogP contribution in [0.4, 0.5) is 4.39 Å². The van der Waals surface area contributed by atoms with Crippen molar-refractivity contribution in [2.24, 2.45) is 23.7 Å². The van der Waals surface area contributed by atoms with Crippen LogP contribution in [0.3, 0.4) is 0 Å². The lowest BCUT2D eigenvalue weighted by Gasteiger charge is -2.20. The van der Waals surface area contributed by atoms with Gasteiger partial charge < -0.3 is 4.74 Å². The second-order valence-corrected chi connectivity index (χ2v) is 8.92. The first-order valence-corrected chi connectivity index (χ1v) is 10.7. The van der Waals surface area contributed by atoms with Crippen molar-refractivity contribution in [2.45, 2.75) is 32.3 Å². The molecule has 0 amide bonds. The van der Waals surface area contributed by atoms with Gasteiger partial charge in [0.1, 0.15) is 17.3 Å². The molecular weight excluding hydrogens is 403 g/mol. The number of ketones is 1. The molecule has 2 fully saturated rings. The third-order valence-corrected chi connectivity index (χ3v) is 6.88. The summed E-state index contributed by atoms with van der Waals surface area (Å²) in [4.78, 5) is 21.2. The van der Waals surface area contributed by atoms with Gasteiger partial charge in [-0.2, -0.15) is 0 Å². The first-order chi connectivity index (χ1) is 14.5. The van der Waals surface area contributed by atoms with E-state index in [4.69, 9.17) is 16.3 Å². The average molecular weight is 425 g/mol. The van der Waals surface area contributed by atoms with Gasteiger partial charge >= 0.3 is 0 Å². The minimum atomic E-state index is -0.294. The molecule has 5 rings (SSSR count). The maximum absolute atomic E-state index is 13.7. The Kier molecular flexibility index (Phi) is 4.94. The predicted molar refractivity (Wildman–Crippen MR) is 113 cm³/mol. The highest BCUT2D eigenvalue weighted by Gasteiger charge is 2.59. The molecule has 1 aromatic carbocycles. The Morgan fingerprint density at radius 3 is 2.73 bits per heavy atom. The van der Waals surface area contributed by atoms with Crippen molar-refractivity contribution in [1.29, 1.82) is 0 Å². The first-order valence-electron chi connectivity index (χ1n) is 10.3. The van der Waals surface area contributed by atoms with Gasteiger partial charge in [-0.3, -0.25) is 14.8 Å². The zero-order valence-corrected chi connectivity index (χ0v) is 17.3. The number of carbonyl (C=O) groups excluding carboxylic acids is 1. The van der Waals surface area contributed by atoms with Gasteiger partial charge in [0.15, 0.2) is 0 Å². The smallest absolute Gasteiger partial charge is 0.141 e. The number of fused-ring (bicyclic) bond motifs is 2. The second-order valence-electron chi connectivity index (χ2n) is 8.49. The number of pyridine rings is 2. The van der Waals surface area contributed by atoms with Crippen molar-refractivity contribution >= 4 is 28.3 Å². The van der Waals surface area contributed by atoms with Crippen LogP contribution < -0.4 is 4.74 Å². The molecule has 2 aliphatic rings. The second kappa shape index (κ2) is 7.62. The van der Waals surface area contributed by atoms with E-state index in [1.807, 2.05) is 13.0 Å². The van der Waals surface area contributed by atoms with Gasteiger partial charge in [0, 0.05) is 35.8 Å². The normalized spacial score (nSPS) is 25.7. The largest absolute Gasteiger partial charge is 0.490 e. The summed E-state index contributed by atoms with van der Waals surface area (Å²) in [6.45, 7) is 2.04. The third kappa shape index (κ3) is 3.67. The lowest BCUT2D eigenvalue weighted by molar-refractivity contribution is -0.122. The van der Waals surface area contributed by atoms with E-state index in [0.29, 0.717) is 40.3 Å². The molecule has 0 radical (unpaired) electrons. The molecule has 0 saturated heterocycles. The van der Waals surface area contributed by atoms with Crippen molar-refractivity contribution in [3.63, 3.8) is 0 Å². The van der Waals surface area contributed by atoms with E-state index < -0.39 is 0 Å². The molecule has 4 nitrogen and oxygen atoms in total. The number of halogens is 2. The number of ether oxygens (including phenoxy) is 1. The molecule has 2 saturated carbocycles. The summed E-state index contributed by atoms with van der Waals surface area (Å²) in [6, 6.07) is 9.93. The lowest BCUT2D eigenvalue weighted by Crippen LogP contribution is -2.22. The average Bonchev–Trinajstić information content (AvgIpc) is 3.24. The monoisotopic (exact) mass is 424 g/mol. The van der Waals surface area contributed by atoms with Gasteiger partial charge in [0.25, 0.3) is 0 Å². The van der Waals surface area contributed by atoms with E-state index in [1.54, 1.807) is 30.6 Å². The molecular formula is C24H22ClFN2O2. The third-order valence-electron chi connectivity index (χ3n) is 6.65. The van der Waals surface area contributed by atoms with Gasteiger partial charge in [-0.05, 0) is 67.0 Å². The fourth-order valence-electron chi connectivity index (χ4n) is 5.12. The zero-order chi connectivity index (χ0) is 20.8. The lowest BCUT2D eigenvalue weighted by atomic mass is 9.92. The van der Waals surface area contributed by atoms with Crippen LogP contribution in [0.25, 0.3) is 10.9 Å². The van der Waals surface area contributed by atoms with E-state index in [-0.39, 0.29) is 23.6 Å². The van der Waals surface area contributed by atoms with Crippen LogP contribution in [-0.4, -0.2) is 21.9 Å². The molecule has 0 spiro atoms. The van der Waals surface area contributed by atoms with Crippen LogP contribution in [-0.2, 0) is 11.2 Å². The molecule has 30 heavy (non-hydrogen) atoms. The Hall–Kier alpha value is -2.53. The maximum atomic E-state index is 13.7. The first kappa shape index (κ1) is 19.4. The number of benzene rings is 1. The molecule has 2 heterocycles. The summed E-state index contributed by atoms with van der Waals surface area (Å²) < 4.78 is 19.9. The number of aromatic nitrogens is 2. The van der Waals surface area contributed by atoms with Crippen molar-refractivity contribution in [3.8, 4) is 5.75 Å². The molecule has 2 aliphatic carbocycles. The standard InChI is InChI=1S/C24H22ClFN2O2/c1-13(22(29)9-16-4-2-14(25)12-28-16)24-18-10-17(11-19(18)24)30-23-6-7-27-21-5-3-15(26)8-20(21)23/h2-8,12-13,17-19,24H,9-11H2,1H3/t13?,17?,18-,19+,24?. The highest BCUT2D eigenvalue weighted by atomic mass is 35.5. The zero-order valence-electron chi connectivity index (χ0n) is 16.6. The molecule has 3 aromatic rings. The minimum absolute atomic E-state index is 0.0225. The molecule has 0 N–H and O–H groups in total. The number of hydrogen-bond acceptors (Lipinski definition) is 4. The van der Waals surface area contributed by atoms with E-state index in [2.05, 4.69) is 9.97 Å². The van der Waals surface area contributed by atoms with Gasteiger partial charge in [0.2, 0.25) is 0 Å². The van der Waals surface area contributed by atoms with E-state index >= 15 is 0 Å². The number of nitrogens with zero attached hydrogens (tertiary/aromatic N) is 2.